The van der Waals surface area contributed by atoms with Crippen molar-refractivity contribution < 1.29 is 4.79 Å². The van der Waals surface area contributed by atoms with Gasteiger partial charge >= 0.3 is 0 Å². The molecule has 0 aliphatic carbocycles. The normalized spacial score (nSPS) is 20.1. The van der Waals surface area contributed by atoms with E-state index in [0.717, 1.165) is 43.7 Å². The molecule has 1 aliphatic heterocycles. The maximum atomic E-state index is 12.2. The van der Waals surface area contributed by atoms with Crippen LogP contribution in [-0.4, -0.2) is 28.2 Å². The Morgan fingerprint density at radius 2 is 2.33 bits per heavy atom. The first-order valence-corrected chi connectivity index (χ1v) is 6.99. The molecule has 0 amide bonds. The number of nitrogens with zero attached hydrogens (tertiary/aromatic N) is 2. The molecular weight excluding hydrogens is 250 g/mol. The lowest BCUT2D eigenvalue weighted by atomic mass is 9.98. The second-order valence-corrected chi connectivity index (χ2v) is 5.19. The van der Waals surface area contributed by atoms with Gasteiger partial charge in [-0.15, -0.1) is 0 Å². The number of halogens is 1. The van der Waals surface area contributed by atoms with Crippen LogP contribution in [-0.2, 0) is 17.8 Å². The third-order valence-corrected chi connectivity index (χ3v) is 3.99. The van der Waals surface area contributed by atoms with E-state index in [0.29, 0.717) is 11.4 Å². The fourth-order valence-corrected chi connectivity index (χ4v) is 2.65. The molecule has 0 saturated carbocycles. The van der Waals surface area contributed by atoms with Gasteiger partial charge in [0.1, 0.15) is 0 Å². The van der Waals surface area contributed by atoms with Crippen LogP contribution in [0.2, 0.25) is 5.02 Å². The maximum absolute atomic E-state index is 12.2. The summed E-state index contributed by atoms with van der Waals surface area (Å²) in [6.07, 6.45) is 3.61. The summed E-state index contributed by atoms with van der Waals surface area (Å²) in [6.45, 7) is 5.57. The smallest absolute Gasteiger partial charge is 0.155 e. The molecule has 1 aromatic heterocycles. The van der Waals surface area contributed by atoms with Gasteiger partial charge in [-0.1, -0.05) is 18.0 Å². The number of carbonyl (C=O) groups excluding carboxylic acids is 1. The molecule has 0 spiro atoms. The van der Waals surface area contributed by atoms with Gasteiger partial charge in [0.15, 0.2) is 5.78 Å². The van der Waals surface area contributed by atoms with Crippen LogP contribution >= 0.6 is 11.6 Å². The maximum Gasteiger partial charge on any atom is 0.155 e. The summed E-state index contributed by atoms with van der Waals surface area (Å²) in [5, 5.41) is 8.26. The second kappa shape index (κ2) is 5.85. The number of piperidine rings is 1. The zero-order valence-electron chi connectivity index (χ0n) is 11.0. The molecule has 2 heterocycles. The zero-order chi connectivity index (χ0) is 13.1. The summed E-state index contributed by atoms with van der Waals surface area (Å²) in [7, 11) is 0. The van der Waals surface area contributed by atoms with Gasteiger partial charge in [0.05, 0.1) is 28.9 Å². The highest BCUT2D eigenvalue weighted by Gasteiger charge is 2.23. The van der Waals surface area contributed by atoms with Crippen molar-refractivity contribution in [1.29, 1.82) is 0 Å². The number of aryl methyl sites for hydroxylation is 2. The zero-order valence-corrected chi connectivity index (χ0v) is 11.8. The predicted octanol–water partition coefficient (Wildman–Crippen LogP) is 2.12. The van der Waals surface area contributed by atoms with E-state index in [1.165, 1.54) is 0 Å². The molecule has 0 radical (unpaired) electrons. The number of nitrogens with one attached hydrogen (secondary N) is 1. The molecule has 5 heteroatoms. The SMILES string of the molecule is CCn1nc(C)c(Cl)c1CC(=O)C1CCCCN1. The minimum atomic E-state index is -0.00433. The molecule has 1 saturated heterocycles. The first-order chi connectivity index (χ1) is 8.63. The largest absolute Gasteiger partial charge is 0.307 e. The molecule has 100 valence electrons. The van der Waals surface area contributed by atoms with E-state index in [9.17, 15) is 4.79 Å². The van der Waals surface area contributed by atoms with Crippen LogP contribution in [0.5, 0.6) is 0 Å². The van der Waals surface area contributed by atoms with E-state index in [-0.39, 0.29) is 11.8 Å². The Balaban J connectivity index is 2.10. The van der Waals surface area contributed by atoms with Crippen LogP contribution in [0.1, 0.15) is 37.6 Å². The van der Waals surface area contributed by atoms with Crippen LogP contribution in [0.15, 0.2) is 0 Å². The van der Waals surface area contributed by atoms with Crippen LogP contribution in [0.4, 0.5) is 0 Å². The van der Waals surface area contributed by atoms with Crippen LogP contribution in [0.3, 0.4) is 0 Å². The summed E-state index contributed by atoms with van der Waals surface area (Å²) in [5.74, 6) is 0.228. The molecule has 18 heavy (non-hydrogen) atoms. The third kappa shape index (κ3) is 2.75. The van der Waals surface area contributed by atoms with E-state index in [1.54, 1.807) is 0 Å². The molecule has 0 bridgehead atoms. The number of Topliss-reactive ketones (excluding diaryl/α,β-unsaturated/α-hetero) is 1. The average Bonchev–Trinajstić information content (AvgIpc) is 2.67. The number of ketones is 1. The Morgan fingerprint density at radius 1 is 1.56 bits per heavy atom. The van der Waals surface area contributed by atoms with E-state index in [1.807, 2.05) is 18.5 Å². The van der Waals surface area contributed by atoms with Crippen molar-refractivity contribution >= 4 is 17.4 Å². The van der Waals surface area contributed by atoms with E-state index in [2.05, 4.69) is 10.4 Å². The Labute approximate surface area is 113 Å². The quantitative estimate of drug-likeness (QED) is 0.911. The minimum Gasteiger partial charge on any atom is -0.307 e. The summed E-state index contributed by atoms with van der Waals surface area (Å²) in [4.78, 5) is 12.2. The first kappa shape index (κ1) is 13.6. The fourth-order valence-electron chi connectivity index (χ4n) is 2.45. The standard InChI is InChI=1S/C13H20ClN3O/c1-3-17-11(13(14)9(2)16-17)8-12(18)10-6-4-5-7-15-10/h10,15H,3-8H2,1-2H3. The third-order valence-electron chi connectivity index (χ3n) is 3.49. The lowest BCUT2D eigenvalue weighted by molar-refractivity contribution is -0.121. The van der Waals surface area contributed by atoms with Crippen LogP contribution in [0, 0.1) is 6.92 Å². The molecule has 1 unspecified atom stereocenters. The molecule has 1 aliphatic rings. The van der Waals surface area contributed by atoms with Gasteiger partial charge in [-0.25, -0.2) is 0 Å². The number of hydrogen-bond acceptors (Lipinski definition) is 3. The van der Waals surface area contributed by atoms with E-state index < -0.39 is 0 Å². The van der Waals surface area contributed by atoms with Gasteiger partial charge in [0, 0.05) is 6.54 Å². The first-order valence-electron chi connectivity index (χ1n) is 6.61. The summed E-state index contributed by atoms with van der Waals surface area (Å²) < 4.78 is 1.83. The molecule has 1 N–H and O–H groups in total. The van der Waals surface area contributed by atoms with Crippen molar-refractivity contribution in [3.05, 3.63) is 16.4 Å². The minimum absolute atomic E-state index is 0.00433. The number of aromatic nitrogens is 2. The topological polar surface area (TPSA) is 46.9 Å². The molecule has 2 rings (SSSR count). The Morgan fingerprint density at radius 3 is 2.94 bits per heavy atom. The lowest BCUT2D eigenvalue weighted by Crippen LogP contribution is -2.41. The summed E-state index contributed by atoms with van der Waals surface area (Å²) in [5.41, 5.74) is 1.66. The summed E-state index contributed by atoms with van der Waals surface area (Å²) >= 11 is 6.22. The van der Waals surface area contributed by atoms with Crippen molar-refractivity contribution in [1.82, 2.24) is 15.1 Å². The van der Waals surface area contributed by atoms with Gasteiger partial charge in [0.25, 0.3) is 0 Å². The summed E-state index contributed by atoms with van der Waals surface area (Å²) in [6, 6.07) is -0.00433. The predicted molar refractivity (Wildman–Crippen MR) is 72.0 cm³/mol. The molecule has 1 atom stereocenters. The Kier molecular flexibility index (Phi) is 4.40. The lowest BCUT2D eigenvalue weighted by Gasteiger charge is -2.22. The monoisotopic (exact) mass is 269 g/mol. The number of rotatable bonds is 4. The number of carbonyl (C=O) groups is 1. The van der Waals surface area contributed by atoms with Crippen molar-refractivity contribution in [2.45, 2.75) is 52.1 Å². The van der Waals surface area contributed by atoms with Crippen LogP contribution < -0.4 is 5.32 Å². The number of hydrogen-bond donors (Lipinski definition) is 1. The highest BCUT2D eigenvalue weighted by molar-refractivity contribution is 6.32. The van der Waals surface area contributed by atoms with E-state index >= 15 is 0 Å². The second-order valence-electron chi connectivity index (χ2n) is 4.81. The van der Waals surface area contributed by atoms with Crippen molar-refractivity contribution in [3.8, 4) is 0 Å². The van der Waals surface area contributed by atoms with Crippen molar-refractivity contribution in [3.63, 3.8) is 0 Å². The molecule has 4 nitrogen and oxygen atoms in total. The Hall–Kier alpha value is -0.870. The van der Waals surface area contributed by atoms with Gasteiger partial charge < -0.3 is 5.32 Å². The highest BCUT2D eigenvalue weighted by Crippen LogP contribution is 2.22. The van der Waals surface area contributed by atoms with Gasteiger partial charge in [-0.2, -0.15) is 5.10 Å². The van der Waals surface area contributed by atoms with Gasteiger partial charge in [-0.3, -0.25) is 9.48 Å². The average molecular weight is 270 g/mol. The van der Waals surface area contributed by atoms with Gasteiger partial charge in [0.2, 0.25) is 0 Å². The fraction of sp³-hybridized carbons (Fsp3) is 0.692. The molecular formula is C13H20ClN3O. The van der Waals surface area contributed by atoms with Crippen LogP contribution in [0.25, 0.3) is 0 Å². The van der Waals surface area contributed by atoms with Crippen molar-refractivity contribution in [2.24, 2.45) is 0 Å². The molecule has 1 fully saturated rings. The van der Waals surface area contributed by atoms with Crippen molar-refractivity contribution in [2.75, 3.05) is 6.54 Å². The Bertz CT molecular complexity index is 436. The highest BCUT2D eigenvalue weighted by atomic mass is 35.5. The molecule has 0 aromatic carbocycles. The van der Waals surface area contributed by atoms with E-state index in [4.69, 9.17) is 11.6 Å². The van der Waals surface area contributed by atoms with Gasteiger partial charge in [-0.05, 0) is 33.2 Å². The molecule has 1 aromatic rings.